The summed E-state index contributed by atoms with van der Waals surface area (Å²) >= 11 is 7.62. The molecule has 1 fully saturated rings. The molecule has 0 radical (unpaired) electrons. The van der Waals surface area contributed by atoms with Crippen LogP contribution in [0.5, 0.6) is 11.5 Å². The maximum absolute atomic E-state index is 13.3. The van der Waals surface area contributed by atoms with Gasteiger partial charge in [0.05, 0.1) is 23.6 Å². The van der Waals surface area contributed by atoms with Crippen LogP contribution in [-0.2, 0) is 15.6 Å². The SMILES string of the molecule is O=S1(=O)C[C@H]2N=C(SCc3ccc(F)cc3Cl)N(c3ccc4c(c3)OCCO4)[C@H]2C1. The number of hydrogen-bond donors (Lipinski definition) is 0. The Morgan fingerprint density at radius 3 is 2.73 bits per heavy atom. The molecule has 0 aromatic heterocycles. The minimum atomic E-state index is -3.14. The number of fused-ring (bicyclic) bond motifs is 2. The van der Waals surface area contributed by atoms with Crippen LogP contribution in [0.1, 0.15) is 5.56 Å². The van der Waals surface area contributed by atoms with Crippen molar-refractivity contribution in [1.29, 1.82) is 0 Å². The van der Waals surface area contributed by atoms with Crippen molar-refractivity contribution >= 4 is 44.1 Å². The van der Waals surface area contributed by atoms with Crippen LogP contribution >= 0.6 is 23.4 Å². The quantitative estimate of drug-likeness (QED) is 0.686. The van der Waals surface area contributed by atoms with Gasteiger partial charge in [0, 0.05) is 22.5 Å². The van der Waals surface area contributed by atoms with Crippen LogP contribution in [0.25, 0.3) is 0 Å². The van der Waals surface area contributed by atoms with E-state index in [1.165, 1.54) is 23.9 Å². The highest BCUT2D eigenvalue weighted by Crippen LogP contribution is 2.40. The number of thioether (sulfide) groups is 1. The number of sulfone groups is 1. The van der Waals surface area contributed by atoms with Crippen molar-refractivity contribution in [2.24, 2.45) is 4.99 Å². The third-order valence-corrected chi connectivity index (χ3v) is 8.35. The molecule has 0 aliphatic carbocycles. The minimum Gasteiger partial charge on any atom is -0.486 e. The first-order valence-corrected chi connectivity index (χ1v) is 12.6. The molecule has 3 aliphatic heterocycles. The maximum atomic E-state index is 13.3. The topological polar surface area (TPSA) is 68.2 Å². The van der Waals surface area contributed by atoms with E-state index in [2.05, 4.69) is 0 Å². The van der Waals surface area contributed by atoms with Gasteiger partial charge in [-0.25, -0.2) is 12.8 Å². The number of hydrogen-bond acceptors (Lipinski definition) is 7. The van der Waals surface area contributed by atoms with E-state index in [0.29, 0.717) is 35.5 Å². The molecule has 0 amide bonds. The standard InChI is InChI=1S/C20H18ClFN2O4S2/c21-15-7-13(22)2-1-12(15)9-29-20-23-16-10-30(25,26)11-17(16)24(20)14-3-4-18-19(8-14)28-6-5-27-18/h1-4,7-8,16-17H,5-6,9-11H2/t16-,17+/m1/s1. The smallest absolute Gasteiger partial charge is 0.164 e. The van der Waals surface area contributed by atoms with Crippen molar-refractivity contribution in [1.82, 2.24) is 0 Å². The molecule has 2 aromatic carbocycles. The van der Waals surface area contributed by atoms with Crippen LogP contribution in [0.4, 0.5) is 10.1 Å². The second-order valence-electron chi connectivity index (χ2n) is 7.35. The number of nitrogens with zero attached hydrogens (tertiary/aromatic N) is 2. The Hall–Kier alpha value is -1.97. The van der Waals surface area contributed by atoms with Gasteiger partial charge in [-0.1, -0.05) is 29.4 Å². The molecular weight excluding hydrogens is 451 g/mol. The van der Waals surface area contributed by atoms with Gasteiger partial charge in [0.25, 0.3) is 0 Å². The summed E-state index contributed by atoms with van der Waals surface area (Å²) in [5.74, 6) is 1.50. The lowest BCUT2D eigenvalue weighted by atomic mass is 10.1. The average Bonchev–Trinajstić information content (AvgIpc) is 3.18. The number of ether oxygens (including phenoxy) is 2. The summed E-state index contributed by atoms with van der Waals surface area (Å²) in [4.78, 5) is 6.68. The van der Waals surface area contributed by atoms with Crippen LogP contribution in [-0.4, -0.2) is 50.4 Å². The lowest BCUT2D eigenvalue weighted by Gasteiger charge is -2.28. The Labute approximate surface area is 182 Å². The second kappa shape index (κ2) is 7.62. The summed E-state index contributed by atoms with van der Waals surface area (Å²) in [6, 6.07) is 9.33. The number of rotatable bonds is 3. The molecule has 0 spiro atoms. The van der Waals surface area contributed by atoms with Gasteiger partial charge in [-0.3, -0.25) is 4.99 Å². The second-order valence-corrected chi connectivity index (χ2v) is 10.8. The normalized spacial score (nSPS) is 23.9. The molecule has 0 N–H and O–H groups in total. The van der Waals surface area contributed by atoms with Crippen LogP contribution in [0.2, 0.25) is 5.02 Å². The Balaban J connectivity index is 1.45. The van der Waals surface area contributed by atoms with E-state index in [1.54, 1.807) is 6.07 Å². The number of benzene rings is 2. The van der Waals surface area contributed by atoms with Gasteiger partial charge in [0.1, 0.15) is 19.0 Å². The van der Waals surface area contributed by atoms with Gasteiger partial charge < -0.3 is 14.4 Å². The largest absolute Gasteiger partial charge is 0.486 e. The molecule has 2 atom stereocenters. The molecule has 3 heterocycles. The molecule has 30 heavy (non-hydrogen) atoms. The zero-order chi connectivity index (χ0) is 20.9. The van der Waals surface area contributed by atoms with Crippen molar-refractivity contribution in [2.45, 2.75) is 17.8 Å². The summed E-state index contributed by atoms with van der Waals surface area (Å²) in [6.07, 6.45) is 0. The molecule has 158 valence electrons. The summed E-state index contributed by atoms with van der Waals surface area (Å²) in [7, 11) is -3.14. The number of amidine groups is 1. The average molecular weight is 469 g/mol. The number of aliphatic imine (C=N–C) groups is 1. The van der Waals surface area contributed by atoms with E-state index in [9.17, 15) is 12.8 Å². The van der Waals surface area contributed by atoms with E-state index >= 15 is 0 Å². The van der Waals surface area contributed by atoms with Crippen molar-refractivity contribution in [2.75, 3.05) is 29.6 Å². The van der Waals surface area contributed by atoms with Gasteiger partial charge in [-0.05, 0) is 29.8 Å². The monoisotopic (exact) mass is 468 g/mol. The summed E-state index contributed by atoms with van der Waals surface area (Å²) in [5.41, 5.74) is 1.60. The van der Waals surface area contributed by atoms with E-state index in [4.69, 9.17) is 26.1 Å². The lowest BCUT2D eigenvalue weighted by Crippen LogP contribution is -2.39. The van der Waals surface area contributed by atoms with Crippen LogP contribution in [0.15, 0.2) is 41.4 Å². The highest BCUT2D eigenvalue weighted by molar-refractivity contribution is 8.13. The fourth-order valence-corrected chi connectivity index (χ4v) is 7.18. The van der Waals surface area contributed by atoms with Crippen molar-refractivity contribution < 1.29 is 22.3 Å². The predicted octanol–water partition coefficient (Wildman–Crippen LogP) is 3.53. The van der Waals surface area contributed by atoms with E-state index < -0.39 is 9.84 Å². The van der Waals surface area contributed by atoms with Crippen molar-refractivity contribution in [3.05, 3.63) is 52.8 Å². The Bertz CT molecular complexity index is 1140. The molecular formula is C20H18ClFN2O4S2. The zero-order valence-electron chi connectivity index (χ0n) is 15.8. The third-order valence-electron chi connectivity index (χ3n) is 5.28. The Kier molecular flexibility index (Phi) is 5.07. The van der Waals surface area contributed by atoms with E-state index in [-0.39, 0.29) is 29.4 Å². The van der Waals surface area contributed by atoms with Gasteiger partial charge in [-0.2, -0.15) is 0 Å². The minimum absolute atomic E-state index is 0.0417. The van der Waals surface area contributed by atoms with E-state index in [0.717, 1.165) is 16.4 Å². The lowest BCUT2D eigenvalue weighted by molar-refractivity contribution is 0.171. The van der Waals surface area contributed by atoms with Crippen molar-refractivity contribution in [3.63, 3.8) is 0 Å². The highest BCUT2D eigenvalue weighted by Gasteiger charge is 2.47. The van der Waals surface area contributed by atoms with Crippen LogP contribution < -0.4 is 14.4 Å². The molecule has 6 nitrogen and oxygen atoms in total. The van der Waals surface area contributed by atoms with Gasteiger partial charge >= 0.3 is 0 Å². The molecule has 10 heteroatoms. The van der Waals surface area contributed by atoms with Crippen LogP contribution in [0, 0.1) is 5.82 Å². The van der Waals surface area contributed by atoms with Gasteiger partial charge in [-0.15, -0.1) is 0 Å². The first-order valence-electron chi connectivity index (χ1n) is 9.43. The first kappa shape index (κ1) is 20.0. The van der Waals surface area contributed by atoms with E-state index in [1.807, 2.05) is 23.1 Å². The number of anilines is 1. The Morgan fingerprint density at radius 1 is 1.13 bits per heavy atom. The molecule has 5 rings (SSSR count). The zero-order valence-corrected chi connectivity index (χ0v) is 18.1. The third kappa shape index (κ3) is 3.74. The van der Waals surface area contributed by atoms with Gasteiger partial charge in [0.15, 0.2) is 26.5 Å². The molecule has 3 aliphatic rings. The molecule has 1 saturated heterocycles. The fraction of sp³-hybridized carbons (Fsp3) is 0.350. The van der Waals surface area contributed by atoms with Gasteiger partial charge in [0.2, 0.25) is 0 Å². The van der Waals surface area contributed by atoms with Crippen molar-refractivity contribution in [3.8, 4) is 11.5 Å². The first-order chi connectivity index (χ1) is 14.4. The molecule has 0 unspecified atom stereocenters. The maximum Gasteiger partial charge on any atom is 0.164 e. The Morgan fingerprint density at radius 2 is 1.93 bits per heavy atom. The fourth-order valence-electron chi connectivity index (χ4n) is 3.90. The molecule has 2 aromatic rings. The molecule has 0 saturated carbocycles. The summed E-state index contributed by atoms with van der Waals surface area (Å²) < 4.78 is 49.1. The molecule has 0 bridgehead atoms. The highest BCUT2D eigenvalue weighted by atomic mass is 35.5. The number of halogens is 2. The predicted molar refractivity (Wildman–Crippen MR) is 116 cm³/mol. The summed E-state index contributed by atoms with van der Waals surface area (Å²) in [5, 5.41) is 1.08. The summed E-state index contributed by atoms with van der Waals surface area (Å²) in [6.45, 7) is 0.968. The van der Waals surface area contributed by atoms with Crippen LogP contribution in [0.3, 0.4) is 0 Å².